The SMILES string of the molecule is [C]1=C/C/C=C\C=C\C/C=C/CC/1. The van der Waals surface area contributed by atoms with Crippen LogP contribution in [0.5, 0.6) is 0 Å². The van der Waals surface area contributed by atoms with Gasteiger partial charge in [0.25, 0.3) is 0 Å². The average Bonchev–Trinajstić information content (AvgIpc) is 2.05. The van der Waals surface area contributed by atoms with Gasteiger partial charge in [0, 0.05) is 0 Å². The van der Waals surface area contributed by atoms with E-state index >= 15 is 0 Å². The maximum absolute atomic E-state index is 3.25. The zero-order valence-electron chi connectivity index (χ0n) is 7.37. The highest BCUT2D eigenvalue weighted by Gasteiger charge is 1.78. The lowest BCUT2D eigenvalue weighted by Crippen LogP contribution is -1.68. The molecule has 0 N–H and O–H groups in total. The number of allylic oxidation sites excluding steroid dienone is 8. The second-order valence-corrected chi connectivity index (χ2v) is 2.75. The molecule has 0 saturated heterocycles. The van der Waals surface area contributed by atoms with E-state index in [1.807, 2.05) is 0 Å². The molecule has 63 valence electrons. The molecule has 1 aliphatic rings. The highest BCUT2D eigenvalue weighted by atomic mass is 13.8. The smallest absolute Gasteiger partial charge is 0.0160 e. The van der Waals surface area contributed by atoms with Gasteiger partial charge in [0.2, 0.25) is 0 Å². The molecule has 1 aliphatic carbocycles. The summed E-state index contributed by atoms with van der Waals surface area (Å²) in [6.45, 7) is 0. The Morgan fingerprint density at radius 1 is 0.833 bits per heavy atom. The van der Waals surface area contributed by atoms with Crippen molar-refractivity contribution >= 4 is 0 Å². The van der Waals surface area contributed by atoms with Gasteiger partial charge in [0.1, 0.15) is 0 Å². The summed E-state index contributed by atoms with van der Waals surface area (Å²) < 4.78 is 0. The van der Waals surface area contributed by atoms with Crippen LogP contribution in [-0.4, -0.2) is 0 Å². The van der Waals surface area contributed by atoms with E-state index in [-0.39, 0.29) is 0 Å². The molecule has 0 amide bonds. The quantitative estimate of drug-likeness (QED) is 0.474. The summed E-state index contributed by atoms with van der Waals surface area (Å²) in [7, 11) is 0. The fraction of sp³-hybridized carbons (Fsp3) is 0.333. The molecule has 0 spiro atoms. The van der Waals surface area contributed by atoms with Gasteiger partial charge in [-0.25, -0.2) is 0 Å². The number of hydrogen-bond donors (Lipinski definition) is 0. The molecule has 0 heteroatoms. The summed E-state index contributed by atoms with van der Waals surface area (Å²) >= 11 is 0. The minimum absolute atomic E-state index is 1.01. The third kappa shape index (κ3) is 4.73. The van der Waals surface area contributed by atoms with Crippen LogP contribution >= 0.6 is 0 Å². The minimum atomic E-state index is 1.01. The van der Waals surface area contributed by atoms with Crippen molar-refractivity contribution in [1.29, 1.82) is 0 Å². The predicted molar refractivity (Wildman–Crippen MR) is 53.7 cm³/mol. The van der Waals surface area contributed by atoms with E-state index in [0.717, 1.165) is 25.7 Å². The molecule has 0 heterocycles. The number of hydrogen-bond acceptors (Lipinski definition) is 0. The van der Waals surface area contributed by atoms with Gasteiger partial charge in [-0.05, 0) is 31.8 Å². The summed E-state index contributed by atoms with van der Waals surface area (Å²) in [5.41, 5.74) is 0. The molecule has 0 nitrogen and oxygen atoms in total. The highest BCUT2D eigenvalue weighted by molar-refractivity contribution is 5.06. The van der Waals surface area contributed by atoms with Crippen molar-refractivity contribution < 1.29 is 0 Å². The van der Waals surface area contributed by atoms with Crippen LogP contribution in [0.1, 0.15) is 25.7 Å². The second-order valence-electron chi connectivity index (χ2n) is 2.75. The molecule has 0 aromatic carbocycles. The van der Waals surface area contributed by atoms with Gasteiger partial charge in [-0.1, -0.05) is 42.5 Å². The first-order chi connectivity index (χ1) is 6.00. The Bertz CT molecular complexity index is 180. The molecule has 0 bridgehead atoms. The van der Waals surface area contributed by atoms with Crippen LogP contribution in [0.4, 0.5) is 0 Å². The largest absolute Gasteiger partial charge is 0.0879 e. The standard InChI is InChI=1S/C12H15/c1-2-4-6-8-10-12-11-9-7-5-3-1/h1-4,7-9H,5-6,11-12H2/b3-1+,4-2-,9-7+,10-8?. The zero-order valence-corrected chi connectivity index (χ0v) is 7.37. The Balaban J connectivity index is 2.41. The van der Waals surface area contributed by atoms with Gasteiger partial charge < -0.3 is 0 Å². The Kier molecular flexibility index (Phi) is 5.02. The topological polar surface area (TPSA) is 0 Å². The monoisotopic (exact) mass is 159 g/mol. The molecule has 0 aromatic rings. The molecule has 0 unspecified atom stereocenters. The summed E-state index contributed by atoms with van der Waals surface area (Å²) in [5, 5.41) is 0. The first-order valence-corrected chi connectivity index (χ1v) is 4.52. The summed E-state index contributed by atoms with van der Waals surface area (Å²) in [4.78, 5) is 0. The summed E-state index contributed by atoms with van der Waals surface area (Å²) in [6.07, 6.45) is 22.5. The Morgan fingerprint density at radius 2 is 1.67 bits per heavy atom. The van der Waals surface area contributed by atoms with Crippen LogP contribution in [0.3, 0.4) is 0 Å². The van der Waals surface area contributed by atoms with Crippen molar-refractivity contribution in [2.45, 2.75) is 25.7 Å². The Hall–Kier alpha value is -1.04. The Labute approximate surface area is 75.0 Å². The minimum Gasteiger partial charge on any atom is -0.0879 e. The molecule has 1 radical (unpaired) electrons. The van der Waals surface area contributed by atoms with Gasteiger partial charge >= 0.3 is 0 Å². The normalized spacial score (nSPS) is 29.3. The lowest BCUT2D eigenvalue weighted by atomic mass is 10.2. The van der Waals surface area contributed by atoms with Gasteiger partial charge in [-0.3, -0.25) is 0 Å². The molecule has 0 fully saturated rings. The van der Waals surface area contributed by atoms with Crippen LogP contribution in [0.25, 0.3) is 0 Å². The fourth-order valence-electron chi connectivity index (χ4n) is 1.03. The molecule has 1 rings (SSSR count). The Morgan fingerprint density at radius 3 is 2.58 bits per heavy atom. The molecule has 0 saturated carbocycles. The van der Waals surface area contributed by atoms with Gasteiger partial charge in [-0.2, -0.15) is 0 Å². The molecule has 12 heavy (non-hydrogen) atoms. The highest BCUT2D eigenvalue weighted by Crippen LogP contribution is 1.97. The second kappa shape index (κ2) is 6.66. The van der Waals surface area contributed by atoms with Crippen molar-refractivity contribution in [2.75, 3.05) is 0 Å². The van der Waals surface area contributed by atoms with E-state index in [4.69, 9.17) is 0 Å². The predicted octanol–water partition coefficient (Wildman–Crippen LogP) is 3.59. The van der Waals surface area contributed by atoms with Crippen molar-refractivity contribution in [3.63, 3.8) is 0 Å². The third-order valence-corrected chi connectivity index (χ3v) is 1.68. The molecular formula is C12H15. The summed E-state index contributed by atoms with van der Waals surface area (Å²) in [5.74, 6) is 0. The first kappa shape index (κ1) is 9.05. The van der Waals surface area contributed by atoms with E-state index in [9.17, 15) is 0 Å². The van der Waals surface area contributed by atoms with Crippen molar-refractivity contribution in [1.82, 2.24) is 0 Å². The van der Waals surface area contributed by atoms with Gasteiger partial charge in [0.15, 0.2) is 0 Å². The fourth-order valence-corrected chi connectivity index (χ4v) is 1.03. The van der Waals surface area contributed by atoms with Crippen molar-refractivity contribution in [3.8, 4) is 0 Å². The lowest BCUT2D eigenvalue weighted by Gasteiger charge is -1.87. The maximum Gasteiger partial charge on any atom is -0.0160 e. The average molecular weight is 159 g/mol. The molecule has 0 atom stereocenters. The third-order valence-electron chi connectivity index (χ3n) is 1.68. The van der Waals surface area contributed by atoms with E-state index in [1.54, 1.807) is 0 Å². The molecule has 0 aromatic heterocycles. The number of rotatable bonds is 0. The zero-order chi connectivity index (χ0) is 8.49. The van der Waals surface area contributed by atoms with Crippen molar-refractivity contribution in [3.05, 3.63) is 48.6 Å². The lowest BCUT2D eigenvalue weighted by molar-refractivity contribution is 1.01. The van der Waals surface area contributed by atoms with E-state index < -0.39 is 0 Å². The first-order valence-electron chi connectivity index (χ1n) is 4.52. The van der Waals surface area contributed by atoms with E-state index in [2.05, 4.69) is 48.6 Å². The van der Waals surface area contributed by atoms with Crippen LogP contribution in [0, 0.1) is 6.08 Å². The summed E-state index contributed by atoms with van der Waals surface area (Å²) in [6, 6.07) is 0. The maximum atomic E-state index is 3.25. The van der Waals surface area contributed by atoms with Gasteiger partial charge in [0.05, 0.1) is 0 Å². The van der Waals surface area contributed by atoms with Crippen molar-refractivity contribution in [2.24, 2.45) is 0 Å². The van der Waals surface area contributed by atoms with E-state index in [1.165, 1.54) is 0 Å². The molecule has 0 aliphatic heterocycles. The van der Waals surface area contributed by atoms with E-state index in [0.29, 0.717) is 0 Å². The van der Waals surface area contributed by atoms with Crippen LogP contribution in [0.15, 0.2) is 42.5 Å². The molecular weight excluding hydrogens is 144 g/mol. The van der Waals surface area contributed by atoms with Crippen LogP contribution in [0.2, 0.25) is 0 Å². The van der Waals surface area contributed by atoms with Crippen LogP contribution in [-0.2, 0) is 0 Å². The van der Waals surface area contributed by atoms with Crippen LogP contribution < -0.4 is 0 Å². The van der Waals surface area contributed by atoms with Gasteiger partial charge in [-0.15, -0.1) is 0 Å².